The van der Waals surface area contributed by atoms with E-state index in [9.17, 15) is 0 Å². The number of rotatable bonds is 5. The van der Waals surface area contributed by atoms with Crippen molar-refractivity contribution in [3.8, 4) is 22.3 Å². The van der Waals surface area contributed by atoms with Crippen molar-refractivity contribution in [2.75, 3.05) is 4.90 Å². The molecule has 8 aromatic rings. The van der Waals surface area contributed by atoms with E-state index in [1.54, 1.807) is 0 Å². The molecule has 0 unspecified atom stereocenters. The van der Waals surface area contributed by atoms with Crippen molar-refractivity contribution in [3.05, 3.63) is 162 Å². The fourth-order valence-electron chi connectivity index (χ4n) is 9.24. The van der Waals surface area contributed by atoms with Gasteiger partial charge in [0.15, 0.2) is 0 Å². The molecular formula is C49H41NO. The minimum atomic E-state index is -0.0486. The molecule has 0 aliphatic heterocycles. The third kappa shape index (κ3) is 4.84. The summed E-state index contributed by atoms with van der Waals surface area (Å²) < 4.78 is 6.46. The molecule has 10 rings (SSSR count). The Balaban J connectivity index is 1.21. The molecule has 2 aliphatic rings. The number of furan rings is 1. The third-order valence-electron chi connectivity index (χ3n) is 11.9. The van der Waals surface area contributed by atoms with E-state index in [1.807, 2.05) is 6.07 Å². The summed E-state index contributed by atoms with van der Waals surface area (Å²) in [6.45, 7) is 4.71. The normalized spacial score (nSPS) is 15.3. The summed E-state index contributed by atoms with van der Waals surface area (Å²) in [5.41, 5.74) is 14.5. The Bertz CT molecular complexity index is 2600. The molecule has 7 aromatic carbocycles. The second-order valence-electron chi connectivity index (χ2n) is 15.2. The van der Waals surface area contributed by atoms with Gasteiger partial charge < -0.3 is 9.32 Å². The van der Waals surface area contributed by atoms with Gasteiger partial charge >= 0.3 is 0 Å². The molecule has 2 aliphatic carbocycles. The lowest BCUT2D eigenvalue weighted by molar-refractivity contribution is 0.443. The van der Waals surface area contributed by atoms with E-state index >= 15 is 0 Å². The molecule has 1 saturated carbocycles. The molecule has 51 heavy (non-hydrogen) atoms. The van der Waals surface area contributed by atoms with E-state index in [0.29, 0.717) is 5.92 Å². The maximum Gasteiger partial charge on any atom is 0.136 e. The van der Waals surface area contributed by atoms with Crippen LogP contribution in [0.1, 0.15) is 68.6 Å². The van der Waals surface area contributed by atoms with Crippen LogP contribution in [0.4, 0.5) is 17.1 Å². The Labute approximate surface area is 300 Å². The molecule has 2 heteroatoms. The number of fused-ring (bicyclic) bond motifs is 7. The molecule has 0 saturated heterocycles. The van der Waals surface area contributed by atoms with Crippen LogP contribution < -0.4 is 4.90 Å². The Morgan fingerprint density at radius 1 is 0.549 bits per heavy atom. The summed E-state index contributed by atoms with van der Waals surface area (Å²) in [4.78, 5) is 2.49. The predicted molar refractivity (Wildman–Crippen MR) is 215 cm³/mol. The Morgan fingerprint density at radius 2 is 1.25 bits per heavy atom. The van der Waals surface area contributed by atoms with Crippen LogP contribution in [0, 0.1) is 0 Å². The van der Waals surface area contributed by atoms with Crippen molar-refractivity contribution in [1.29, 1.82) is 0 Å². The van der Waals surface area contributed by atoms with Crippen LogP contribution in [-0.4, -0.2) is 0 Å². The molecule has 2 nitrogen and oxygen atoms in total. The van der Waals surface area contributed by atoms with Crippen molar-refractivity contribution in [3.63, 3.8) is 0 Å². The van der Waals surface area contributed by atoms with E-state index in [4.69, 9.17) is 4.42 Å². The third-order valence-corrected chi connectivity index (χ3v) is 11.9. The van der Waals surface area contributed by atoms with Crippen molar-refractivity contribution in [2.24, 2.45) is 0 Å². The molecule has 0 bridgehead atoms. The first-order valence-corrected chi connectivity index (χ1v) is 18.6. The van der Waals surface area contributed by atoms with Gasteiger partial charge in [0.2, 0.25) is 0 Å². The maximum absolute atomic E-state index is 6.46. The molecule has 0 atom stereocenters. The van der Waals surface area contributed by atoms with Gasteiger partial charge in [0, 0.05) is 33.1 Å². The molecule has 0 spiro atoms. The number of benzene rings is 7. The fourth-order valence-corrected chi connectivity index (χ4v) is 9.24. The van der Waals surface area contributed by atoms with E-state index in [0.717, 1.165) is 38.9 Å². The Morgan fingerprint density at radius 3 is 2.12 bits per heavy atom. The fraction of sp³-hybridized carbons (Fsp3) is 0.184. The lowest BCUT2D eigenvalue weighted by Crippen LogP contribution is -2.15. The van der Waals surface area contributed by atoms with Gasteiger partial charge in [0.25, 0.3) is 0 Å². The first-order valence-electron chi connectivity index (χ1n) is 18.6. The van der Waals surface area contributed by atoms with Crippen LogP contribution in [0.25, 0.3) is 55.0 Å². The van der Waals surface area contributed by atoms with Gasteiger partial charge in [-0.3, -0.25) is 0 Å². The highest BCUT2D eigenvalue weighted by Gasteiger charge is 2.35. The lowest BCUT2D eigenvalue weighted by Gasteiger charge is -2.30. The first-order chi connectivity index (χ1) is 25.0. The average molecular weight is 660 g/mol. The van der Waals surface area contributed by atoms with Crippen molar-refractivity contribution >= 4 is 49.8 Å². The van der Waals surface area contributed by atoms with Crippen LogP contribution in [0.15, 0.2) is 150 Å². The molecule has 0 radical (unpaired) electrons. The van der Waals surface area contributed by atoms with Crippen LogP contribution in [0.2, 0.25) is 0 Å². The van der Waals surface area contributed by atoms with Gasteiger partial charge in [-0.15, -0.1) is 0 Å². The second kappa shape index (κ2) is 11.7. The van der Waals surface area contributed by atoms with Crippen LogP contribution in [-0.2, 0) is 5.41 Å². The first kappa shape index (κ1) is 30.2. The highest BCUT2D eigenvalue weighted by atomic mass is 16.3. The number of hydrogen-bond donors (Lipinski definition) is 0. The van der Waals surface area contributed by atoms with E-state index in [-0.39, 0.29) is 5.41 Å². The number of hydrogen-bond acceptors (Lipinski definition) is 2. The van der Waals surface area contributed by atoms with Gasteiger partial charge in [-0.2, -0.15) is 0 Å². The molecule has 0 amide bonds. The zero-order chi connectivity index (χ0) is 34.1. The van der Waals surface area contributed by atoms with Gasteiger partial charge in [0.05, 0.1) is 5.69 Å². The monoisotopic (exact) mass is 659 g/mol. The van der Waals surface area contributed by atoms with Crippen molar-refractivity contribution in [2.45, 2.75) is 57.3 Å². The summed E-state index contributed by atoms with van der Waals surface area (Å²) in [5, 5.41) is 4.74. The van der Waals surface area contributed by atoms with E-state index < -0.39 is 0 Å². The summed E-state index contributed by atoms with van der Waals surface area (Å²) in [5.74, 6) is 0.659. The highest BCUT2D eigenvalue weighted by molar-refractivity contribution is 6.10. The average Bonchev–Trinajstić information content (AvgIpc) is 3.66. The van der Waals surface area contributed by atoms with E-state index in [1.165, 1.54) is 81.9 Å². The van der Waals surface area contributed by atoms with Gasteiger partial charge in [-0.25, -0.2) is 0 Å². The molecule has 0 N–H and O–H groups in total. The zero-order valence-corrected chi connectivity index (χ0v) is 29.3. The van der Waals surface area contributed by atoms with Crippen LogP contribution in [0.3, 0.4) is 0 Å². The minimum Gasteiger partial charge on any atom is -0.456 e. The summed E-state index contributed by atoms with van der Waals surface area (Å²) in [6, 6.07) is 54.1. The summed E-state index contributed by atoms with van der Waals surface area (Å²) >= 11 is 0. The quantitative estimate of drug-likeness (QED) is 0.183. The number of para-hydroxylation sites is 1. The van der Waals surface area contributed by atoms with Crippen molar-refractivity contribution in [1.82, 2.24) is 0 Å². The standard InChI is InChI=1S/C49H41NO/c1-49(2)43-18-10-8-16-39(43)42-31-37(26-28-44(42)49)50(36-24-20-33(21-25-36)32-12-4-3-5-13-32)45-29-23-34-14-6-7-15-38(34)48(45)35-22-27-41-40-17-9-11-19-46(40)51-47(41)30-35/h6-11,14-32H,3-5,12-13H2,1-2H3. The summed E-state index contributed by atoms with van der Waals surface area (Å²) in [6.07, 6.45) is 6.62. The van der Waals surface area contributed by atoms with Crippen LogP contribution >= 0.6 is 0 Å². The number of nitrogens with zero attached hydrogens (tertiary/aromatic N) is 1. The number of anilines is 3. The topological polar surface area (TPSA) is 16.4 Å². The van der Waals surface area contributed by atoms with Crippen LogP contribution in [0.5, 0.6) is 0 Å². The molecule has 1 aromatic heterocycles. The minimum absolute atomic E-state index is 0.0486. The lowest BCUT2D eigenvalue weighted by atomic mass is 9.82. The van der Waals surface area contributed by atoms with Gasteiger partial charge in [-0.05, 0) is 111 Å². The van der Waals surface area contributed by atoms with Gasteiger partial charge in [0.1, 0.15) is 11.2 Å². The molecule has 1 heterocycles. The highest BCUT2D eigenvalue weighted by Crippen LogP contribution is 2.52. The molecule has 248 valence electrons. The Hall–Kier alpha value is -5.60. The summed E-state index contributed by atoms with van der Waals surface area (Å²) in [7, 11) is 0. The largest absolute Gasteiger partial charge is 0.456 e. The predicted octanol–water partition coefficient (Wildman–Crippen LogP) is 14.2. The van der Waals surface area contributed by atoms with E-state index in [2.05, 4.69) is 158 Å². The zero-order valence-electron chi connectivity index (χ0n) is 29.3. The van der Waals surface area contributed by atoms with Gasteiger partial charge in [-0.1, -0.05) is 130 Å². The van der Waals surface area contributed by atoms with Crippen molar-refractivity contribution < 1.29 is 4.42 Å². The SMILES string of the molecule is CC1(C)c2ccccc2-c2cc(N(c3ccc(C4CCCCC4)cc3)c3ccc4ccccc4c3-c3ccc4c(c3)oc3ccccc34)ccc21. The maximum atomic E-state index is 6.46. The Kier molecular flexibility index (Phi) is 6.96. The molecular weight excluding hydrogens is 619 g/mol. The molecule has 1 fully saturated rings. The smallest absolute Gasteiger partial charge is 0.136 e. The second-order valence-corrected chi connectivity index (χ2v) is 15.2.